The van der Waals surface area contributed by atoms with Gasteiger partial charge in [0.05, 0.1) is 18.8 Å². The smallest absolute Gasteiger partial charge is 0.103 e. The Hall–Kier alpha value is -1.44. The number of aryl methyl sites for hydroxylation is 3. The van der Waals surface area contributed by atoms with E-state index >= 15 is 0 Å². The highest BCUT2D eigenvalue weighted by Gasteiger charge is 1.94. The second-order valence-electron chi connectivity index (χ2n) is 3.34. The van der Waals surface area contributed by atoms with Crippen LogP contribution in [-0.4, -0.2) is 0 Å². The third-order valence-electron chi connectivity index (χ3n) is 2.34. The summed E-state index contributed by atoms with van der Waals surface area (Å²) in [4.78, 5) is 0. The first-order chi connectivity index (χ1) is 7.27. The van der Waals surface area contributed by atoms with Gasteiger partial charge in [0.25, 0.3) is 0 Å². The lowest BCUT2D eigenvalue weighted by Gasteiger charge is -1.86. The molecule has 0 spiro atoms. The van der Waals surface area contributed by atoms with Crippen LogP contribution in [0.4, 0.5) is 0 Å². The SMILES string of the molecule is CCc1ccoc1.CCc1ccoc1C. The molecule has 0 atom stereocenters. The average Bonchev–Trinajstić information content (AvgIpc) is 2.88. The highest BCUT2D eigenvalue weighted by Crippen LogP contribution is 2.07. The van der Waals surface area contributed by atoms with Crippen molar-refractivity contribution < 1.29 is 8.83 Å². The maximum Gasteiger partial charge on any atom is 0.103 e. The summed E-state index contributed by atoms with van der Waals surface area (Å²) >= 11 is 0. The van der Waals surface area contributed by atoms with Gasteiger partial charge < -0.3 is 8.83 Å². The molecule has 0 aromatic carbocycles. The highest BCUT2D eigenvalue weighted by atomic mass is 16.3. The van der Waals surface area contributed by atoms with Gasteiger partial charge in [0.2, 0.25) is 0 Å². The third-order valence-corrected chi connectivity index (χ3v) is 2.34. The van der Waals surface area contributed by atoms with Crippen LogP contribution >= 0.6 is 0 Å². The lowest BCUT2D eigenvalue weighted by atomic mass is 10.2. The van der Waals surface area contributed by atoms with Gasteiger partial charge >= 0.3 is 0 Å². The van der Waals surface area contributed by atoms with Crippen molar-refractivity contribution in [2.45, 2.75) is 33.6 Å². The van der Waals surface area contributed by atoms with Crippen LogP contribution < -0.4 is 0 Å². The molecule has 2 aromatic rings. The zero-order valence-corrected chi connectivity index (χ0v) is 9.62. The first kappa shape index (κ1) is 11.6. The minimum atomic E-state index is 1.05. The monoisotopic (exact) mass is 206 g/mol. The molecule has 0 N–H and O–H groups in total. The molecule has 2 heteroatoms. The predicted octanol–water partition coefficient (Wildman–Crippen LogP) is 3.99. The normalized spacial score (nSPS) is 9.53. The molecule has 0 amide bonds. The number of hydrogen-bond acceptors (Lipinski definition) is 2. The van der Waals surface area contributed by atoms with E-state index in [-0.39, 0.29) is 0 Å². The van der Waals surface area contributed by atoms with Crippen LogP contribution in [0.2, 0.25) is 0 Å². The zero-order valence-electron chi connectivity index (χ0n) is 9.62. The fourth-order valence-corrected chi connectivity index (χ4v) is 1.27. The molecule has 2 nitrogen and oxygen atoms in total. The van der Waals surface area contributed by atoms with E-state index in [1.165, 1.54) is 11.1 Å². The van der Waals surface area contributed by atoms with Gasteiger partial charge in [0, 0.05) is 0 Å². The lowest BCUT2D eigenvalue weighted by molar-refractivity contribution is 0.530. The largest absolute Gasteiger partial charge is 0.472 e. The van der Waals surface area contributed by atoms with Crippen LogP contribution in [0.15, 0.2) is 39.8 Å². The zero-order chi connectivity index (χ0) is 11.1. The van der Waals surface area contributed by atoms with E-state index in [1.807, 2.05) is 19.1 Å². The molecule has 0 saturated heterocycles. The molecule has 82 valence electrons. The quantitative estimate of drug-likeness (QED) is 0.742. The Balaban J connectivity index is 0.000000151. The molecule has 0 unspecified atom stereocenters. The maximum absolute atomic E-state index is 5.06. The summed E-state index contributed by atoms with van der Waals surface area (Å²) in [6, 6.07) is 3.98. The first-order valence-electron chi connectivity index (χ1n) is 5.32. The van der Waals surface area contributed by atoms with Crippen molar-refractivity contribution >= 4 is 0 Å². The van der Waals surface area contributed by atoms with Crippen LogP contribution in [0.25, 0.3) is 0 Å². The van der Waals surface area contributed by atoms with E-state index in [9.17, 15) is 0 Å². The predicted molar refractivity (Wildman–Crippen MR) is 60.9 cm³/mol. The van der Waals surface area contributed by atoms with Crippen molar-refractivity contribution in [2.75, 3.05) is 0 Å². The van der Waals surface area contributed by atoms with Crippen LogP contribution in [0.1, 0.15) is 30.7 Å². The van der Waals surface area contributed by atoms with E-state index in [2.05, 4.69) is 13.8 Å². The molecule has 0 radical (unpaired) electrons. The summed E-state index contributed by atoms with van der Waals surface area (Å²) in [6.45, 7) is 6.21. The van der Waals surface area contributed by atoms with Crippen molar-refractivity contribution in [3.8, 4) is 0 Å². The minimum absolute atomic E-state index is 1.05. The first-order valence-corrected chi connectivity index (χ1v) is 5.32. The molecule has 15 heavy (non-hydrogen) atoms. The Bertz CT molecular complexity index is 358. The van der Waals surface area contributed by atoms with E-state index in [4.69, 9.17) is 8.83 Å². The lowest BCUT2D eigenvalue weighted by Crippen LogP contribution is -1.75. The van der Waals surface area contributed by atoms with Crippen LogP contribution in [-0.2, 0) is 12.8 Å². The fourth-order valence-electron chi connectivity index (χ4n) is 1.27. The topological polar surface area (TPSA) is 26.3 Å². The Labute approximate surface area is 90.9 Å². The fraction of sp³-hybridized carbons (Fsp3) is 0.385. The van der Waals surface area contributed by atoms with Crippen LogP contribution in [0.3, 0.4) is 0 Å². The molecule has 0 fully saturated rings. The van der Waals surface area contributed by atoms with Gasteiger partial charge in [-0.15, -0.1) is 0 Å². The number of hydrogen-bond donors (Lipinski definition) is 0. The van der Waals surface area contributed by atoms with E-state index in [0.717, 1.165) is 18.6 Å². The van der Waals surface area contributed by atoms with Gasteiger partial charge in [-0.25, -0.2) is 0 Å². The van der Waals surface area contributed by atoms with Gasteiger partial charge in [0.1, 0.15) is 5.76 Å². The Kier molecular flexibility index (Phi) is 4.75. The van der Waals surface area contributed by atoms with E-state index in [0.29, 0.717) is 0 Å². The molecule has 2 heterocycles. The van der Waals surface area contributed by atoms with Crippen LogP contribution in [0, 0.1) is 6.92 Å². The standard InChI is InChI=1S/C7H10O.C6H8O/c1-3-7-4-5-8-6(7)2;1-2-6-3-4-7-5-6/h4-5H,3H2,1-2H3;3-5H,2H2,1H3. The number of rotatable bonds is 2. The third kappa shape index (κ3) is 3.66. The summed E-state index contributed by atoms with van der Waals surface area (Å²) in [5, 5.41) is 0. The Morgan fingerprint density at radius 1 is 1.07 bits per heavy atom. The highest BCUT2D eigenvalue weighted by molar-refractivity contribution is 5.14. The summed E-state index contributed by atoms with van der Waals surface area (Å²) < 4.78 is 9.86. The van der Waals surface area contributed by atoms with Gasteiger partial charge in [-0.3, -0.25) is 0 Å². The Morgan fingerprint density at radius 3 is 2.13 bits per heavy atom. The molecule has 0 aliphatic heterocycles. The average molecular weight is 206 g/mol. The molecule has 0 aliphatic rings. The van der Waals surface area contributed by atoms with Crippen LogP contribution in [0.5, 0.6) is 0 Å². The van der Waals surface area contributed by atoms with Crippen molar-refractivity contribution in [1.82, 2.24) is 0 Å². The van der Waals surface area contributed by atoms with Crippen molar-refractivity contribution in [2.24, 2.45) is 0 Å². The van der Waals surface area contributed by atoms with Gasteiger partial charge in [0.15, 0.2) is 0 Å². The van der Waals surface area contributed by atoms with Gasteiger partial charge in [-0.2, -0.15) is 0 Å². The second-order valence-corrected chi connectivity index (χ2v) is 3.34. The summed E-state index contributed by atoms with van der Waals surface area (Å²) in [7, 11) is 0. The molecular weight excluding hydrogens is 188 g/mol. The van der Waals surface area contributed by atoms with Crippen molar-refractivity contribution in [1.29, 1.82) is 0 Å². The summed E-state index contributed by atoms with van der Waals surface area (Å²) in [6.07, 6.45) is 7.33. The second kappa shape index (κ2) is 6.12. The van der Waals surface area contributed by atoms with Gasteiger partial charge in [-0.05, 0) is 43.0 Å². The summed E-state index contributed by atoms with van der Waals surface area (Å²) in [5.41, 5.74) is 2.57. The number of furan rings is 2. The molecule has 2 rings (SSSR count). The summed E-state index contributed by atoms with van der Waals surface area (Å²) in [5.74, 6) is 1.05. The molecule has 0 saturated carbocycles. The van der Waals surface area contributed by atoms with Crippen molar-refractivity contribution in [3.63, 3.8) is 0 Å². The Morgan fingerprint density at radius 2 is 1.87 bits per heavy atom. The molecule has 2 aromatic heterocycles. The molecule has 0 aliphatic carbocycles. The van der Waals surface area contributed by atoms with Gasteiger partial charge in [-0.1, -0.05) is 13.8 Å². The van der Waals surface area contributed by atoms with Crippen molar-refractivity contribution in [3.05, 3.63) is 47.8 Å². The molecular formula is C13H18O2. The van der Waals surface area contributed by atoms with E-state index < -0.39 is 0 Å². The van der Waals surface area contributed by atoms with E-state index in [1.54, 1.807) is 18.8 Å². The minimum Gasteiger partial charge on any atom is -0.472 e. The maximum atomic E-state index is 5.06. The molecule has 0 bridgehead atoms.